The first-order valence-electron chi connectivity index (χ1n) is 21.3. The molecule has 0 aliphatic heterocycles. The summed E-state index contributed by atoms with van der Waals surface area (Å²) in [6, 6.07) is 55.9. The van der Waals surface area contributed by atoms with E-state index in [0.29, 0.717) is 23.4 Å². The molecule has 0 N–H and O–H groups in total. The van der Waals surface area contributed by atoms with Crippen LogP contribution in [0.2, 0.25) is 0 Å². The van der Waals surface area contributed by atoms with Crippen LogP contribution in [0, 0.1) is 5.92 Å². The average molecular weight is 775 g/mol. The zero-order valence-electron chi connectivity index (χ0n) is 34.5. The minimum absolute atomic E-state index is 0.0889. The number of allylic oxidation sites excluding steroid dienone is 5. The Morgan fingerprint density at radius 2 is 1.12 bits per heavy atom. The third-order valence-corrected chi connectivity index (χ3v) is 13.1. The van der Waals surface area contributed by atoms with Crippen LogP contribution < -0.4 is 0 Å². The molecule has 60 heavy (non-hydrogen) atoms. The molecule has 4 nitrogen and oxygen atoms in total. The number of rotatable bonds is 6. The standard InChI is InChI=1S/C56H46N4/c1-35-27-32-43(51-49(35)44-23-14-15-25-47(44)56(51,3)4)41-33-36(2)52-46(34-41)50-45(24-16-26-48(50)60(52)42-21-12-7-13-22-42)55-58-53(39-19-10-6-11-20-39)57-54(59-55)40-30-28-38(29-31-40)37-17-8-5-9-18-37/h5-26,28-32,34-36H,27,33H2,1-4H3. The molecular weight excluding hydrogens is 729 g/mol. The van der Waals surface area contributed by atoms with Gasteiger partial charge in [0.2, 0.25) is 0 Å². The molecular formula is C56H46N4. The van der Waals surface area contributed by atoms with Gasteiger partial charge in [-0.3, -0.25) is 0 Å². The molecule has 4 heteroatoms. The van der Waals surface area contributed by atoms with Crippen molar-refractivity contribution in [3.05, 3.63) is 203 Å². The van der Waals surface area contributed by atoms with Gasteiger partial charge in [0, 0.05) is 50.4 Å². The molecule has 3 aliphatic carbocycles. The minimum atomic E-state index is -0.0889. The maximum atomic E-state index is 5.33. The maximum absolute atomic E-state index is 5.33. The molecule has 11 rings (SSSR count). The molecule has 0 radical (unpaired) electrons. The van der Waals surface area contributed by atoms with E-state index in [9.17, 15) is 0 Å². The molecule has 0 amide bonds. The normalized spacial score (nSPS) is 17.8. The number of benzene rings is 6. The Morgan fingerprint density at radius 3 is 1.83 bits per heavy atom. The third kappa shape index (κ3) is 5.77. The lowest BCUT2D eigenvalue weighted by atomic mass is 9.70. The van der Waals surface area contributed by atoms with E-state index in [4.69, 9.17) is 15.0 Å². The number of hydrogen-bond donors (Lipinski definition) is 0. The quantitative estimate of drug-likeness (QED) is 0.169. The van der Waals surface area contributed by atoms with E-state index < -0.39 is 0 Å². The molecule has 2 unspecified atom stereocenters. The second-order valence-electron chi connectivity index (χ2n) is 17.3. The molecule has 6 aromatic carbocycles. The van der Waals surface area contributed by atoms with Crippen LogP contribution in [0.15, 0.2) is 181 Å². The Kier molecular flexibility index (Phi) is 8.52. The van der Waals surface area contributed by atoms with Crippen LogP contribution in [-0.2, 0) is 5.41 Å². The van der Waals surface area contributed by atoms with Crippen LogP contribution in [-0.4, -0.2) is 19.5 Å². The zero-order valence-corrected chi connectivity index (χ0v) is 34.5. The average Bonchev–Trinajstić information content (AvgIpc) is 3.77. The highest BCUT2D eigenvalue weighted by molar-refractivity contribution is 6.04. The smallest absolute Gasteiger partial charge is 0.164 e. The predicted octanol–water partition coefficient (Wildman–Crippen LogP) is 14.1. The SMILES string of the molecule is CC1CC=C(C2=Cc3c(n(-c4ccccc4)c4cccc(-c5nc(-c6ccccc6)nc(-c6ccc(-c7ccccc7)cc6)n5)c34)C(C)C2)C2=C1c1ccccc1C2(C)C. The molecule has 0 saturated carbocycles. The topological polar surface area (TPSA) is 43.6 Å². The van der Waals surface area contributed by atoms with Gasteiger partial charge in [-0.1, -0.05) is 173 Å². The molecule has 0 fully saturated rings. The van der Waals surface area contributed by atoms with Crippen LogP contribution in [0.25, 0.3) is 73.5 Å². The van der Waals surface area contributed by atoms with Gasteiger partial charge in [0.25, 0.3) is 0 Å². The van der Waals surface area contributed by atoms with E-state index in [1.165, 1.54) is 55.6 Å². The summed E-state index contributed by atoms with van der Waals surface area (Å²) in [6.07, 6.45) is 7.07. The van der Waals surface area contributed by atoms with Crippen LogP contribution in [0.5, 0.6) is 0 Å². The molecule has 0 saturated heterocycles. The first kappa shape index (κ1) is 36.2. The van der Waals surface area contributed by atoms with Gasteiger partial charge in [0.15, 0.2) is 17.5 Å². The molecule has 2 atom stereocenters. The predicted molar refractivity (Wildman–Crippen MR) is 248 cm³/mol. The van der Waals surface area contributed by atoms with Crippen molar-refractivity contribution in [1.29, 1.82) is 0 Å². The van der Waals surface area contributed by atoms with E-state index in [0.717, 1.165) is 46.3 Å². The van der Waals surface area contributed by atoms with Crippen molar-refractivity contribution in [3.63, 3.8) is 0 Å². The molecule has 290 valence electrons. The van der Waals surface area contributed by atoms with E-state index in [1.54, 1.807) is 0 Å². The molecule has 8 aromatic rings. The Bertz CT molecular complexity index is 3060. The van der Waals surface area contributed by atoms with Gasteiger partial charge in [-0.15, -0.1) is 0 Å². The summed E-state index contributed by atoms with van der Waals surface area (Å²) in [4.78, 5) is 15.8. The summed E-state index contributed by atoms with van der Waals surface area (Å²) in [7, 11) is 0. The lowest BCUT2D eigenvalue weighted by molar-refractivity contribution is 0.626. The summed E-state index contributed by atoms with van der Waals surface area (Å²) in [5.41, 5.74) is 18.8. The van der Waals surface area contributed by atoms with E-state index in [-0.39, 0.29) is 11.3 Å². The highest BCUT2D eigenvalue weighted by Crippen LogP contribution is 2.57. The molecule has 2 aromatic heterocycles. The van der Waals surface area contributed by atoms with Gasteiger partial charge in [0.1, 0.15) is 0 Å². The van der Waals surface area contributed by atoms with Gasteiger partial charge in [-0.05, 0) is 87.6 Å². The Hall–Kier alpha value is -6.91. The number of para-hydroxylation sites is 1. The number of hydrogen-bond acceptors (Lipinski definition) is 3. The van der Waals surface area contributed by atoms with Gasteiger partial charge in [0.05, 0.1) is 5.52 Å². The van der Waals surface area contributed by atoms with Gasteiger partial charge >= 0.3 is 0 Å². The maximum Gasteiger partial charge on any atom is 0.164 e. The summed E-state index contributed by atoms with van der Waals surface area (Å²) in [5, 5.41) is 1.17. The second kappa shape index (κ2) is 14.1. The molecule has 0 spiro atoms. The monoisotopic (exact) mass is 774 g/mol. The van der Waals surface area contributed by atoms with Crippen LogP contribution >= 0.6 is 0 Å². The van der Waals surface area contributed by atoms with Crippen molar-refractivity contribution in [2.45, 2.75) is 51.9 Å². The van der Waals surface area contributed by atoms with E-state index in [2.05, 4.69) is 184 Å². The summed E-state index contributed by atoms with van der Waals surface area (Å²) in [5.74, 6) is 2.71. The third-order valence-electron chi connectivity index (χ3n) is 13.1. The lowest BCUT2D eigenvalue weighted by Crippen LogP contribution is -2.22. The van der Waals surface area contributed by atoms with Gasteiger partial charge in [-0.2, -0.15) is 0 Å². The first-order valence-corrected chi connectivity index (χ1v) is 21.3. The highest BCUT2D eigenvalue weighted by Gasteiger charge is 2.43. The van der Waals surface area contributed by atoms with Crippen molar-refractivity contribution in [2.24, 2.45) is 5.92 Å². The fourth-order valence-electron chi connectivity index (χ4n) is 10.4. The number of aromatic nitrogens is 4. The van der Waals surface area contributed by atoms with Crippen molar-refractivity contribution in [2.75, 3.05) is 0 Å². The fraction of sp³-hybridized carbons (Fsp3) is 0.161. The molecule has 0 bridgehead atoms. The Balaban J connectivity index is 1.13. The van der Waals surface area contributed by atoms with E-state index in [1.807, 2.05) is 18.2 Å². The largest absolute Gasteiger partial charge is 0.313 e. The van der Waals surface area contributed by atoms with Crippen molar-refractivity contribution in [1.82, 2.24) is 19.5 Å². The summed E-state index contributed by atoms with van der Waals surface area (Å²) in [6.45, 7) is 9.67. The van der Waals surface area contributed by atoms with Crippen molar-refractivity contribution in [3.8, 4) is 51.0 Å². The van der Waals surface area contributed by atoms with Crippen LogP contribution in [0.4, 0.5) is 0 Å². The number of fused-ring (bicyclic) bond motifs is 5. The van der Waals surface area contributed by atoms with Gasteiger partial charge in [-0.25, -0.2) is 15.0 Å². The molecule has 2 heterocycles. The number of nitrogens with zero attached hydrogens (tertiary/aromatic N) is 4. The minimum Gasteiger partial charge on any atom is -0.313 e. The van der Waals surface area contributed by atoms with Crippen molar-refractivity contribution >= 4 is 22.6 Å². The Labute approximate surface area is 352 Å². The zero-order chi connectivity index (χ0) is 40.5. The highest BCUT2D eigenvalue weighted by atomic mass is 15.0. The van der Waals surface area contributed by atoms with E-state index >= 15 is 0 Å². The van der Waals surface area contributed by atoms with Crippen molar-refractivity contribution < 1.29 is 0 Å². The first-order chi connectivity index (χ1) is 29.3. The van der Waals surface area contributed by atoms with Crippen LogP contribution in [0.1, 0.15) is 68.8 Å². The Morgan fingerprint density at radius 1 is 0.550 bits per heavy atom. The summed E-state index contributed by atoms with van der Waals surface area (Å²) >= 11 is 0. The lowest BCUT2D eigenvalue weighted by Gasteiger charge is -2.34. The summed E-state index contributed by atoms with van der Waals surface area (Å²) < 4.78 is 2.49. The fourth-order valence-corrected chi connectivity index (χ4v) is 10.4. The second-order valence-corrected chi connectivity index (χ2v) is 17.3. The van der Waals surface area contributed by atoms with Crippen LogP contribution in [0.3, 0.4) is 0 Å². The van der Waals surface area contributed by atoms with Gasteiger partial charge < -0.3 is 4.57 Å². The molecule has 3 aliphatic rings.